The van der Waals surface area contributed by atoms with Gasteiger partial charge in [0, 0.05) is 11.6 Å². The van der Waals surface area contributed by atoms with Gasteiger partial charge in [-0.1, -0.05) is 42.5 Å². The molecule has 0 amide bonds. The highest BCUT2D eigenvalue weighted by atomic mass is 15.1. The van der Waals surface area contributed by atoms with Gasteiger partial charge in [-0.15, -0.1) is 0 Å². The lowest BCUT2D eigenvalue weighted by Crippen LogP contribution is -1.89. The lowest BCUT2D eigenvalue weighted by atomic mass is 10.0. The third kappa shape index (κ3) is 2.77. The van der Waals surface area contributed by atoms with Crippen molar-refractivity contribution in [3.05, 3.63) is 78.1 Å². The number of benzene rings is 2. The van der Waals surface area contributed by atoms with Crippen LogP contribution < -0.4 is 5.73 Å². The van der Waals surface area contributed by atoms with Crippen molar-refractivity contribution >= 4 is 28.9 Å². The van der Waals surface area contributed by atoms with Crippen LogP contribution in [0.5, 0.6) is 0 Å². The molecule has 0 unspecified atom stereocenters. The largest absolute Gasteiger partial charge is 0.384 e. The molecule has 0 saturated carbocycles. The van der Waals surface area contributed by atoms with E-state index in [1.807, 2.05) is 36.4 Å². The van der Waals surface area contributed by atoms with Crippen molar-refractivity contribution in [2.24, 2.45) is 0 Å². The molecule has 3 N–H and O–H groups in total. The summed E-state index contributed by atoms with van der Waals surface area (Å²) in [6, 6.07) is 20.2. The zero-order chi connectivity index (χ0) is 16.4. The molecule has 0 radical (unpaired) electrons. The molecule has 0 fully saturated rings. The molecule has 2 aromatic heterocycles. The minimum Gasteiger partial charge on any atom is -0.384 e. The summed E-state index contributed by atoms with van der Waals surface area (Å²) in [4.78, 5) is 4.03. The van der Waals surface area contributed by atoms with E-state index in [4.69, 9.17) is 5.73 Å². The fourth-order valence-electron chi connectivity index (χ4n) is 2.71. The van der Waals surface area contributed by atoms with E-state index in [1.165, 1.54) is 0 Å². The Bertz CT molecular complexity index is 1020. The van der Waals surface area contributed by atoms with Crippen LogP contribution in [0.2, 0.25) is 0 Å². The predicted octanol–water partition coefficient (Wildman–Crippen LogP) is 4.38. The van der Waals surface area contributed by atoms with Gasteiger partial charge in [-0.05, 0) is 47.0 Å². The summed E-state index contributed by atoms with van der Waals surface area (Å²) in [5.41, 5.74) is 11.0. The summed E-state index contributed by atoms with van der Waals surface area (Å²) in [5.74, 6) is 0.517. The molecule has 4 nitrogen and oxygen atoms in total. The first-order valence-electron chi connectivity index (χ1n) is 7.73. The third-order valence-electron chi connectivity index (χ3n) is 3.94. The molecule has 2 heterocycles. The van der Waals surface area contributed by atoms with Crippen LogP contribution in [0.15, 0.2) is 66.9 Å². The molecule has 4 rings (SSSR count). The first-order valence-corrected chi connectivity index (χ1v) is 7.73. The number of aromatic amines is 1. The van der Waals surface area contributed by atoms with Gasteiger partial charge in [0.15, 0.2) is 0 Å². The topological polar surface area (TPSA) is 67.6 Å². The molecular formula is C20H16N4. The smallest absolute Gasteiger partial charge is 0.123 e. The van der Waals surface area contributed by atoms with Crippen molar-refractivity contribution in [1.29, 1.82) is 0 Å². The predicted molar refractivity (Wildman–Crippen MR) is 99.1 cm³/mol. The molecule has 4 heteroatoms. The maximum absolute atomic E-state index is 5.77. The highest BCUT2D eigenvalue weighted by Gasteiger charge is 2.05. The quantitative estimate of drug-likeness (QED) is 0.590. The molecule has 2 aromatic carbocycles. The standard InChI is InChI=1S/C20H16N4/c21-20-13-16(10-11-22-20)15-7-8-17-18(23-24-19(17)12-15)9-6-14-4-2-1-3-5-14/h1-13H,(H2,21,22)(H,23,24). The van der Waals surface area contributed by atoms with Crippen molar-refractivity contribution < 1.29 is 0 Å². The first-order chi connectivity index (χ1) is 11.8. The second-order valence-corrected chi connectivity index (χ2v) is 5.58. The van der Waals surface area contributed by atoms with Gasteiger partial charge in [0.1, 0.15) is 5.82 Å². The van der Waals surface area contributed by atoms with Crippen LogP contribution in [0, 0.1) is 0 Å². The molecule has 0 aliphatic rings. The molecule has 0 saturated heterocycles. The van der Waals surface area contributed by atoms with Gasteiger partial charge in [0.2, 0.25) is 0 Å². The molecule has 116 valence electrons. The number of hydrogen-bond acceptors (Lipinski definition) is 3. The number of nitrogens with one attached hydrogen (secondary N) is 1. The number of fused-ring (bicyclic) bond motifs is 1. The van der Waals surface area contributed by atoms with E-state index >= 15 is 0 Å². The van der Waals surface area contributed by atoms with E-state index in [1.54, 1.807) is 6.20 Å². The molecule has 24 heavy (non-hydrogen) atoms. The summed E-state index contributed by atoms with van der Waals surface area (Å²) >= 11 is 0. The fraction of sp³-hybridized carbons (Fsp3) is 0. The average Bonchev–Trinajstić information content (AvgIpc) is 3.03. The molecule has 0 aliphatic heterocycles. The Balaban J connectivity index is 1.69. The monoisotopic (exact) mass is 312 g/mol. The number of H-pyrrole nitrogens is 1. The van der Waals surface area contributed by atoms with Crippen LogP contribution in [0.1, 0.15) is 11.3 Å². The molecule has 0 spiro atoms. The Labute approximate surface area is 139 Å². The van der Waals surface area contributed by atoms with Crippen LogP contribution in [0.3, 0.4) is 0 Å². The zero-order valence-corrected chi connectivity index (χ0v) is 13.0. The highest BCUT2D eigenvalue weighted by Crippen LogP contribution is 2.26. The molecular weight excluding hydrogens is 296 g/mol. The van der Waals surface area contributed by atoms with E-state index < -0.39 is 0 Å². The van der Waals surface area contributed by atoms with Gasteiger partial charge in [-0.3, -0.25) is 5.10 Å². The Morgan fingerprint density at radius 3 is 2.54 bits per heavy atom. The van der Waals surface area contributed by atoms with E-state index in [9.17, 15) is 0 Å². The van der Waals surface area contributed by atoms with Crippen LogP contribution >= 0.6 is 0 Å². The molecule has 0 aliphatic carbocycles. The van der Waals surface area contributed by atoms with Crippen LogP contribution in [-0.4, -0.2) is 15.2 Å². The number of anilines is 1. The number of nitrogens with zero attached hydrogens (tertiary/aromatic N) is 2. The number of nitrogens with two attached hydrogens (primary N) is 1. The van der Waals surface area contributed by atoms with Gasteiger partial charge in [-0.2, -0.15) is 5.10 Å². The summed E-state index contributed by atoms with van der Waals surface area (Å²) in [5, 5.41) is 8.61. The van der Waals surface area contributed by atoms with Gasteiger partial charge >= 0.3 is 0 Å². The summed E-state index contributed by atoms with van der Waals surface area (Å²) < 4.78 is 0. The molecule has 0 bridgehead atoms. The number of rotatable bonds is 3. The second kappa shape index (κ2) is 6.01. The van der Waals surface area contributed by atoms with Crippen molar-refractivity contribution in [3.63, 3.8) is 0 Å². The first kappa shape index (κ1) is 14.2. The fourth-order valence-corrected chi connectivity index (χ4v) is 2.71. The van der Waals surface area contributed by atoms with Crippen molar-refractivity contribution in [2.75, 3.05) is 5.73 Å². The Morgan fingerprint density at radius 1 is 0.875 bits per heavy atom. The SMILES string of the molecule is Nc1cc(-c2ccc3c(C=Cc4ccccc4)n[nH]c3c2)ccn1. The van der Waals surface area contributed by atoms with Crippen LogP contribution in [0.25, 0.3) is 34.2 Å². The summed E-state index contributed by atoms with van der Waals surface area (Å²) in [6.45, 7) is 0. The number of pyridine rings is 1. The number of hydrogen-bond donors (Lipinski definition) is 2. The van der Waals surface area contributed by atoms with E-state index in [-0.39, 0.29) is 0 Å². The average molecular weight is 312 g/mol. The van der Waals surface area contributed by atoms with E-state index in [0.29, 0.717) is 5.82 Å². The van der Waals surface area contributed by atoms with Crippen molar-refractivity contribution in [2.45, 2.75) is 0 Å². The molecule has 4 aromatic rings. The van der Waals surface area contributed by atoms with E-state index in [2.05, 4.69) is 51.6 Å². The number of aromatic nitrogens is 3. The maximum atomic E-state index is 5.77. The third-order valence-corrected chi connectivity index (χ3v) is 3.94. The number of nitrogen functional groups attached to an aromatic ring is 1. The highest BCUT2D eigenvalue weighted by molar-refractivity contribution is 5.92. The molecule has 0 atom stereocenters. The Hall–Kier alpha value is -3.40. The lowest BCUT2D eigenvalue weighted by Gasteiger charge is -2.02. The Morgan fingerprint density at radius 2 is 1.71 bits per heavy atom. The van der Waals surface area contributed by atoms with Crippen LogP contribution in [0.4, 0.5) is 5.82 Å². The van der Waals surface area contributed by atoms with Gasteiger partial charge in [0.25, 0.3) is 0 Å². The minimum absolute atomic E-state index is 0.517. The minimum atomic E-state index is 0.517. The van der Waals surface area contributed by atoms with Gasteiger partial charge < -0.3 is 5.73 Å². The van der Waals surface area contributed by atoms with Crippen molar-refractivity contribution in [1.82, 2.24) is 15.2 Å². The Kier molecular flexibility index (Phi) is 3.56. The summed E-state index contributed by atoms with van der Waals surface area (Å²) in [6.07, 6.45) is 5.81. The second-order valence-electron chi connectivity index (χ2n) is 5.58. The maximum Gasteiger partial charge on any atom is 0.123 e. The van der Waals surface area contributed by atoms with Gasteiger partial charge in [-0.25, -0.2) is 4.98 Å². The zero-order valence-electron chi connectivity index (χ0n) is 13.0. The van der Waals surface area contributed by atoms with Gasteiger partial charge in [0.05, 0.1) is 11.2 Å². The lowest BCUT2D eigenvalue weighted by molar-refractivity contribution is 1.11. The normalized spacial score (nSPS) is 11.3. The van der Waals surface area contributed by atoms with Crippen molar-refractivity contribution in [3.8, 4) is 11.1 Å². The van der Waals surface area contributed by atoms with Crippen LogP contribution in [-0.2, 0) is 0 Å². The summed E-state index contributed by atoms with van der Waals surface area (Å²) in [7, 11) is 0. The van der Waals surface area contributed by atoms with E-state index in [0.717, 1.165) is 33.3 Å².